The van der Waals surface area contributed by atoms with E-state index in [1.807, 2.05) is 32.9 Å². The fraction of sp³-hybridized carbons (Fsp3) is 0.417. The standard InChI is InChI=1S/C24H31N3O4S/c1-4-29-20-15-17(16-21(30-5-2)22(20)31-6-3)23(28)26-24(32)25-18-9-11-19(12-10-18)27-13-7-8-14-27/h9-12,15-16H,4-8,13-14H2,1-3H3,(H2,25,26,28,32). The first-order valence-electron chi connectivity index (χ1n) is 11.1. The van der Waals surface area contributed by atoms with Gasteiger partial charge >= 0.3 is 0 Å². The van der Waals surface area contributed by atoms with Crippen LogP contribution >= 0.6 is 12.2 Å². The van der Waals surface area contributed by atoms with Crippen molar-refractivity contribution in [2.24, 2.45) is 0 Å². The summed E-state index contributed by atoms with van der Waals surface area (Å²) in [5.41, 5.74) is 2.38. The van der Waals surface area contributed by atoms with E-state index in [9.17, 15) is 4.79 Å². The molecule has 1 amide bonds. The van der Waals surface area contributed by atoms with Crippen LogP contribution in [-0.2, 0) is 0 Å². The lowest BCUT2D eigenvalue weighted by Crippen LogP contribution is -2.34. The van der Waals surface area contributed by atoms with Gasteiger partial charge in [0.2, 0.25) is 5.75 Å². The van der Waals surface area contributed by atoms with Crippen LogP contribution in [-0.4, -0.2) is 43.9 Å². The largest absolute Gasteiger partial charge is 0.490 e. The summed E-state index contributed by atoms with van der Waals surface area (Å²) >= 11 is 5.35. The normalized spacial score (nSPS) is 12.9. The first-order chi connectivity index (χ1) is 15.5. The minimum absolute atomic E-state index is 0.216. The van der Waals surface area contributed by atoms with Gasteiger partial charge in [-0.2, -0.15) is 0 Å². The predicted octanol–water partition coefficient (Wildman–Crippen LogP) is 4.61. The summed E-state index contributed by atoms with van der Waals surface area (Å²) in [7, 11) is 0. The van der Waals surface area contributed by atoms with Gasteiger partial charge in [0.05, 0.1) is 19.8 Å². The number of hydrogen-bond acceptors (Lipinski definition) is 6. The average Bonchev–Trinajstić information content (AvgIpc) is 3.31. The minimum Gasteiger partial charge on any atom is -0.490 e. The van der Waals surface area contributed by atoms with Crippen molar-refractivity contribution in [1.82, 2.24) is 5.32 Å². The molecular formula is C24H31N3O4S. The second-order valence-corrected chi connectivity index (χ2v) is 7.66. The van der Waals surface area contributed by atoms with Gasteiger partial charge in [-0.1, -0.05) is 0 Å². The third kappa shape index (κ3) is 6.03. The first kappa shape index (κ1) is 23.7. The Morgan fingerprint density at radius 3 is 2.03 bits per heavy atom. The summed E-state index contributed by atoms with van der Waals surface area (Å²) in [5.74, 6) is 1.05. The Bertz CT molecular complexity index is 900. The van der Waals surface area contributed by atoms with Gasteiger partial charge in [-0.05, 0) is 82.2 Å². The molecule has 3 rings (SSSR count). The van der Waals surface area contributed by atoms with Crippen molar-refractivity contribution in [3.05, 3.63) is 42.0 Å². The Balaban J connectivity index is 1.69. The van der Waals surface area contributed by atoms with Crippen LogP contribution in [0.1, 0.15) is 44.0 Å². The zero-order valence-electron chi connectivity index (χ0n) is 18.9. The number of carbonyl (C=O) groups excluding carboxylic acids is 1. The molecule has 0 spiro atoms. The number of rotatable bonds is 9. The van der Waals surface area contributed by atoms with Crippen LogP contribution in [0.4, 0.5) is 11.4 Å². The molecule has 2 aromatic carbocycles. The van der Waals surface area contributed by atoms with Crippen LogP contribution < -0.4 is 29.7 Å². The van der Waals surface area contributed by atoms with Crippen molar-refractivity contribution >= 4 is 34.6 Å². The zero-order valence-corrected chi connectivity index (χ0v) is 19.7. The van der Waals surface area contributed by atoms with E-state index in [2.05, 4.69) is 27.7 Å². The van der Waals surface area contributed by atoms with E-state index in [-0.39, 0.29) is 11.0 Å². The van der Waals surface area contributed by atoms with E-state index in [0.29, 0.717) is 42.6 Å². The molecule has 7 nitrogen and oxygen atoms in total. The lowest BCUT2D eigenvalue weighted by atomic mass is 10.1. The molecule has 0 atom stereocenters. The topological polar surface area (TPSA) is 72.1 Å². The molecule has 8 heteroatoms. The van der Waals surface area contributed by atoms with Crippen molar-refractivity contribution in [2.45, 2.75) is 33.6 Å². The Labute approximate surface area is 195 Å². The zero-order chi connectivity index (χ0) is 22.9. The van der Waals surface area contributed by atoms with Crippen molar-refractivity contribution in [3.63, 3.8) is 0 Å². The molecule has 172 valence electrons. The fourth-order valence-corrected chi connectivity index (χ4v) is 3.80. The molecule has 1 saturated heterocycles. The third-order valence-corrected chi connectivity index (χ3v) is 5.20. The quantitative estimate of drug-likeness (QED) is 0.533. The SMILES string of the molecule is CCOc1cc(C(=O)NC(=S)Nc2ccc(N3CCCC3)cc2)cc(OCC)c1OCC. The smallest absolute Gasteiger partial charge is 0.257 e. The summed E-state index contributed by atoms with van der Waals surface area (Å²) in [6.45, 7) is 9.14. The molecular weight excluding hydrogens is 426 g/mol. The Morgan fingerprint density at radius 2 is 1.50 bits per heavy atom. The van der Waals surface area contributed by atoms with Gasteiger partial charge in [-0.15, -0.1) is 0 Å². The van der Waals surface area contributed by atoms with E-state index >= 15 is 0 Å². The molecule has 2 N–H and O–H groups in total. The van der Waals surface area contributed by atoms with Crippen LogP contribution in [0.25, 0.3) is 0 Å². The second kappa shape index (κ2) is 11.6. The van der Waals surface area contributed by atoms with Gasteiger partial charge < -0.3 is 24.4 Å². The summed E-state index contributed by atoms with van der Waals surface area (Å²) in [6, 6.07) is 11.3. The van der Waals surface area contributed by atoms with Gasteiger partial charge in [0, 0.05) is 30.0 Å². The first-order valence-corrected chi connectivity index (χ1v) is 11.5. The highest BCUT2D eigenvalue weighted by atomic mass is 32.1. The number of anilines is 2. The average molecular weight is 458 g/mol. The van der Waals surface area contributed by atoms with Crippen molar-refractivity contribution in [3.8, 4) is 17.2 Å². The molecule has 0 radical (unpaired) electrons. The predicted molar refractivity (Wildman–Crippen MR) is 132 cm³/mol. The van der Waals surface area contributed by atoms with Gasteiger partial charge in [-0.3, -0.25) is 10.1 Å². The fourth-order valence-electron chi connectivity index (χ4n) is 3.59. The van der Waals surface area contributed by atoms with Crippen LogP contribution in [0.5, 0.6) is 17.2 Å². The molecule has 0 saturated carbocycles. The maximum absolute atomic E-state index is 12.9. The molecule has 2 aromatic rings. The summed E-state index contributed by atoms with van der Waals surface area (Å²) in [6.07, 6.45) is 2.47. The third-order valence-electron chi connectivity index (χ3n) is 4.99. The van der Waals surface area contributed by atoms with E-state index in [4.69, 9.17) is 26.4 Å². The van der Waals surface area contributed by atoms with Gasteiger partial charge in [0.25, 0.3) is 5.91 Å². The Morgan fingerprint density at radius 1 is 0.938 bits per heavy atom. The number of thiocarbonyl (C=S) groups is 1. The van der Waals surface area contributed by atoms with Crippen molar-refractivity contribution in [1.29, 1.82) is 0 Å². The van der Waals surface area contributed by atoms with Crippen molar-refractivity contribution < 1.29 is 19.0 Å². The molecule has 0 unspecified atom stereocenters. The minimum atomic E-state index is -0.360. The Kier molecular flexibility index (Phi) is 8.56. The van der Waals surface area contributed by atoms with Gasteiger partial charge in [0.15, 0.2) is 16.6 Å². The molecule has 0 aromatic heterocycles. The van der Waals surface area contributed by atoms with E-state index in [1.54, 1.807) is 12.1 Å². The number of benzene rings is 2. The number of carbonyl (C=O) groups is 1. The molecule has 32 heavy (non-hydrogen) atoms. The van der Waals surface area contributed by atoms with E-state index < -0.39 is 0 Å². The lowest BCUT2D eigenvalue weighted by molar-refractivity contribution is 0.0976. The van der Waals surface area contributed by atoms with Crippen LogP contribution in [0, 0.1) is 0 Å². The van der Waals surface area contributed by atoms with E-state index in [0.717, 1.165) is 18.8 Å². The van der Waals surface area contributed by atoms with Crippen LogP contribution in [0.3, 0.4) is 0 Å². The monoisotopic (exact) mass is 457 g/mol. The number of nitrogens with one attached hydrogen (secondary N) is 2. The highest BCUT2D eigenvalue weighted by molar-refractivity contribution is 7.80. The number of hydrogen-bond donors (Lipinski definition) is 2. The molecule has 1 fully saturated rings. The Hall–Kier alpha value is -3.00. The second-order valence-electron chi connectivity index (χ2n) is 7.25. The molecule has 1 aliphatic rings. The lowest BCUT2D eigenvalue weighted by Gasteiger charge is -2.18. The number of nitrogens with zero attached hydrogens (tertiary/aromatic N) is 1. The summed E-state index contributed by atoms with van der Waals surface area (Å²) < 4.78 is 17.1. The highest BCUT2D eigenvalue weighted by Crippen LogP contribution is 2.39. The highest BCUT2D eigenvalue weighted by Gasteiger charge is 2.19. The van der Waals surface area contributed by atoms with E-state index in [1.165, 1.54) is 18.5 Å². The number of ether oxygens (including phenoxy) is 3. The molecule has 0 aliphatic carbocycles. The van der Waals surface area contributed by atoms with Crippen LogP contribution in [0.15, 0.2) is 36.4 Å². The molecule has 1 aliphatic heterocycles. The summed E-state index contributed by atoms with van der Waals surface area (Å²) in [5, 5.41) is 6.01. The van der Waals surface area contributed by atoms with Crippen LogP contribution in [0.2, 0.25) is 0 Å². The maximum Gasteiger partial charge on any atom is 0.257 e. The molecule has 1 heterocycles. The molecule has 0 bridgehead atoms. The number of amides is 1. The van der Waals surface area contributed by atoms with Gasteiger partial charge in [0.1, 0.15) is 0 Å². The van der Waals surface area contributed by atoms with Crippen molar-refractivity contribution in [2.75, 3.05) is 43.1 Å². The maximum atomic E-state index is 12.9. The van der Waals surface area contributed by atoms with Gasteiger partial charge in [-0.25, -0.2) is 0 Å². The summed E-state index contributed by atoms with van der Waals surface area (Å²) in [4.78, 5) is 15.2.